The highest BCUT2D eigenvalue weighted by atomic mass is 16.4. The zero-order valence-electron chi connectivity index (χ0n) is 15.1. The number of carbonyl (C=O) groups is 1. The Bertz CT molecular complexity index is 1070. The van der Waals surface area contributed by atoms with Crippen LogP contribution in [0.3, 0.4) is 0 Å². The lowest BCUT2D eigenvalue weighted by Gasteiger charge is -2.22. The number of oxazole rings is 1. The minimum atomic E-state index is -0.224. The lowest BCUT2D eigenvalue weighted by atomic mass is 10.2. The van der Waals surface area contributed by atoms with Crippen molar-refractivity contribution in [3.8, 4) is 11.5 Å². The maximum atomic E-state index is 12.5. The highest BCUT2D eigenvalue weighted by Gasteiger charge is 2.29. The molecule has 5 rings (SSSR count). The minimum Gasteiger partial charge on any atom is -0.463 e. The van der Waals surface area contributed by atoms with Crippen molar-refractivity contribution in [1.82, 2.24) is 20.5 Å². The fraction of sp³-hybridized carbons (Fsp3) is 0.250. The van der Waals surface area contributed by atoms with Gasteiger partial charge in [-0.05, 0) is 37.1 Å². The van der Waals surface area contributed by atoms with Crippen LogP contribution in [-0.4, -0.2) is 40.2 Å². The Morgan fingerprint density at radius 2 is 2.21 bits per heavy atom. The largest absolute Gasteiger partial charge is 0.463 e. The van der Waals surface area contributed by atoms with E-state index in [0.717, 1.165) is 30.5 Å². The average molecular weight is 377 g/mol. The van der Waals surface area contributed by atoms with Crippen LogP contribution in [0.25, 0.3) is 22.6 Å². The number of fused-ring (bicyclic) bond motifs is 1. The zero-order valence-corrected chi connectivity index (χ0v) is 15.1. The van der Waals surface area contributed by atoms with Gasteiger partial charge in [-0.3, -0.25) is 9.89 Å². The van der Waals surface area contributed by atoms with Gasteiger partial charge in [-0.25, -0.2) is 0 Å². The van der Waals surface area contributed by atoms with E-state index in [2.05, 4.69) is 25.4 Å². The van der Waals surface area contributed by atoms with E-state index in [-0.39, 0.29) is 11.9 Å². The van der Waals surface area contributed by atoms with Crippen LogP contribution >= 0.6 is 0 Å². The third kappa shape index (κ3) is 3.02. The molecule has 2 N–H and O–H groups in total. The smallest absolute Gasteiger partial charge is 0.298 e. The van der Waals surface area contributed by atoms with E-state index in [4.69, 9.17) is 8.83 Å². The first-order valence-corrected chi connectivity index (χ1v) is 9.27. The van der Waals surface area contributed by atoms with Gasteiger partial charge in [-0.1, -0.05) is 12.1 Å². The van der Waals surface area contributed by atoms with Crippen molar-refractivity contribution < 1.29 is 13.6 Å². The number of benzene rings is 1. The third-order valence-electron chi connectivity index (χ3n) is 5.00. The second-order valence-electron chi connectivity index (χ2n) is 6.81. The standard InChI is InChI=1S/C20H19N5O3/c26-19(16-11-15(23-24-16)17-8-4-10-27-17)21-12-13-5-3-9-25(13)20-22-14-6-1-2-7-18(14)28-20/h1-2,4,6-8,10-11,13H,3,5,9,12H2,(H,21,26)(H,23,24)/t13-/m0/s1. The van der Waals surface area contributed by atoms with Gasteiger partial charge in [0.1, 0.15) is 11.2 Å². The second-order valence-corrected chi connectivity index (χ2v) is 6.81. The molecule has 28 heavy (non-hydrogen) atoms. The van der Waals surface area contributed by atoms with Crippen molar-refractivity contribution in [2.24, 2.45) is 0 Å². The molecule has 4 aromatic rings. The zero-order chi connectivity index (χ0) is 18.9. The SMILES string of the molecule is O=C(NC[C@@H]1CCCN1c1nc2ccccc2o1)c1cc(-c2ccco2)[nH]n1. The molecule has 8 nitrogen and oxygen atoms in total. The van der Waals surface area contributed by atoms with Gasteiger partial charge in [0, 0.05) is 19.2 Å². The molecule has 1 amide bonds. The molecule has 1 fully saturated rings. The monoisotopic (exact) mass is 377 g/mol. The highest BCUT2D eigenvalue weighted by Crippen LogP contribution is 2.28. The molecule has 8 heteroatoms. The quantitative estimate of drug-likeness (QED) is 0.554. The van der Waals surface area contributed by atoms with E-state index >= 15 is 0 Å². The summed E-state index contributed by atoms with van der Waals surface area (Å²) in [5.41, 5.74) is 2.62. The molecule has 0 radical (unpaired) electrons. The first-order valence-electron chi connectivity index (χ1n) is 9.27. The molecule has 1 aliphatic rings. The summed E-state index contributed by atoms with van der Waals surface area (Å²) < 4.78 is 11.2. The first kappa shape index (κ1) is 16.6. The van der Waals surface area contributed by atoms with Gasteiger partial charge in [0.2, 0.25) is 0 Å². The molecule has 4 heterocycles. The number of aromatic nitrogens is 3. The highest BCUT2D eigenvalue weighted by molar-refractivity contribution is 5.93. The van der Waals surface area contributed by atoms with Crippen LogP contribution in [0.15, 0.2) is 57.6 Å². The van der Waals surface area contributed by atoms with Crippen molar-refractivity contribution in [2.75, 3.05) is 18.0 Å². The molecule has 0 saturated carbocycles. The lowest BCUT2D eigenvalue weighted by molar-refractivity contribution is 0.0946. The molecular weight excluding hydrogens is 358 g/mol. The summed E-state index contributed by atoms with van der Waals surface area (Å²) in [6.45, 7) is 1.36. The summed E-state index contributed by atoms with van der Waals surface area (Å²) in [6, 6.07) is 13.7. The van der Waals surface area contributed by atoms with E-state index < -0.39 is 0 Å². The Kier molecular flexibility index (Phi) is 4.08. The van der Waals surface area contributed by atoms with Gasteiger partial charge in [-0.15, -0.1) is 0 Å². The molecule has 142 valence electrons. The van der Waals surface area contributed by atoms with Crippen molar-refractivity contribution in [3.05, 3.63) is 54.4 Å². The topological polar surface area (TPSA) is 100 Å². The molecule has 1 aromatic carbocycles. The van der Waals surface area contributed by atoms with Crippen LogP contribution in [-0.2, 0) is 0 Å². The molecular formula is C20H19N5O3. The van der Waals surface area contributed by atoms with E-state index in [1.54, 1.807) is 18.4 Å². The molecule has 3 aromatic heterocycles. The van der Waals surface area contributed by atoms with Gasteiger partial charge in [0.15, 0.2) is 17.0 Å². The second kappa shape index (κ2) is 6.88. The Labute approximate surface area is 160 Å². The predicted molar refractivity (Wildman–Crippen MR) is 103 cm³/mol. The van der Waals surface area contributed by atoms with E-state index in [1.165, 1.54) is 0 Å². The summed E-state index contributed by atoms with van der Waals surface area (Å²) in [7, 11) is 0. The normalized spacial score (nSPS) is 16.7. The molecule has 0 unspecified atom stereocenters. The Hall–Kier alpha value is -3.55. The maximum Gasteiger partial charge on any atom is 0.298 e. The van der Waals surface area contributed by atoms with E-state index in [1.807, 2.05) is 30.3 Å². The molecule has 1 saturated heterocycles. The minimum absolute atomic E-state index is 0.139. The van der Waals surface area contributed by atoms with E-state index in [9.17, 15) is 4.79 Å². The van der Waals surface area contributed by atoms with Gasteiger partial charge >= 0.3 is 0 Å². The van der Waals surface area contributed by atoms with Crippen LogP contribution in [0.4, 0.5) is 6.01 Å². The van der Waals surface area contributed by atoms with E-state index in [0.29, 0.717) is 29.7 Å². The van der Waals surface area contributed by atoms with Crippen molar-refractivity contribution in [2.45, 2.75) is 18.9 Å². The van der Waals surface area contributed by atoms with Crippen LogP contribution in [0, 0.1) is 0 Å². The number of aromatic amines is 1. The summed E-state index contributed by atoms with van der Waals surface area (Å²) in [4.78, 5) is 19.2. The number of hydrogen-bond acceptors (Lipinski definition) is 6. The Morgan fingerprint density at radius 1 is 1.29 bits per heavy atom. The summed E-state index contributed by atoms with van der Waals surface area (Å²) in [5, 5.41) is 9.88. The van der Waals surface area contributed by atoms with Crippen LogP contribution in [0.2, 0.25) is 0 Å². The van der Waals surface area contributed by atoms with Crippen LogP contribution < -0.4 is 10.2 Å². The number of carbonyl (C=O) groups excluding carboxylic acids is 1. The van der Waals surface area contributed by atoms with Crippen molar-refractivity contribution in [3.63, 3.8) is 0 Å². The summed E-state index contributed by atoms with van der Waals surface area (Å²) in [6.07, 6.45) is 3.58. The number of amides is 1. The first-order chi connectivity index (χ1) is 13.8. The van der Waals surface area contributed by atoms with Gasteiger partial charge < -0.3 is 19.1 Å². The molecule has 1 atom stereocenters. The van der Waals surface area contributed by atoms with Crippen molar-refractivity contribution in [1.29, 1.82) is 0 Å². The number of nitrogens with one attached hydrogen (secondary N) is 2. The Morgan fingerprint density at radius 3 is 3.07 bits per heavy atom. The van der Waals surface area contributed by atoms with Gasteiger partial charge in [-0.2, -0.15) is 10.1 Å². The predicted octanol–water partition coefficient (Wildman–Crippen LogP) is 3.21. The fourth-order valence-electron chi connectivity index (χ4n) is 3.58. The summed E-state index contributed by atoms with van der Waals surface area (Å²) in [5.74, 6) is 0.419. The number of anilines is 1. The number of rotatable bonds is 5. The van der Waals surface area contributed by atoms with Crippen LogP contribution in [0.5, 0.6) is 0 Å². The number of H-pyrrole nitrogens is 1. The van der Waals surface area contributed by atoms with Gasteiger partial charge in [0.25, 0.3) is 11.9 Å². The number of nitrogens with zero attached hydrogens (tertiary/aromatic N) is 3. The van der Waals surface area contributed by atoms with Crippen molar-refractivity contribution >= 4 is 23.0 Å². The fourth-order valence-corrected chi connectivity index (χ4v) is 3.58. The van der Waals surface area contributed by atoms with Crippen LogP contribution in [0.1, 0.15) is 23.3 Å². The van der Waals surface area contributed by atoms with Gasteiger partial charge in [0.05, 0.1) is 12.3 Å². The maximum absolute atomic E-state index is 12.5. The molecule has 1 aliphatic heterocycles. The molecule has 0 aliphatic carbocycles. The number of hydrogen-bond donors (Lipinski definition) is 2. The molecule has 0 bridgehead atoms. The Balaban J connectivity index is 1.26. The molecule has 0 spiro atoms. The lowest BCUT2D eigenvalue weighted by Crippen LogP contribution is -2.40. The third-order valence-corrected chi connectivity index (χ3v) is 5.00. The number of para-hydroxylation sites is 2. The number of furan rings is 1. The summed E-state index contributed by atoms with van der Waals surface area (Å²) >= 11 is 0. The average Bonchev–Trinajstić information content (AvgIpc) is 3.51.